The topological polar surface area (TPSA) is 18.5 Å². The van der Waals surface area contributed by atoms with Gasteiger partial charge in [0.05, 0.1) is 0 Å². The van der Waals surface area contributed by atoms with Gasteiger partial charge in [-0.3, -0.25) is 4.90 Å². The largest absolute Gasteiger partial charge is 0.386 e. The lowest BCUT2D eigenvalue weighted by atomic mass is 9.94. The van der Waals surface area contributed by atoms with Gasteiger partial charge in [0.1, 0.15) is 0 Å². The van der Waals surface area contributed by atoms with Crippen LogP contribution in [0.2, 0.25) is 0 Å². The van der Waals surface area contributed by atoms with E-state index in [1.54, 1.807) is 0 Å². The summed E-state index contributed by atoms with van der Waals surface area (Å²) in [4.78, 5) is 5.22. The summed E-state index contributed by atoms with van der Waals surface area (Å²) in [6.07, 6.45) is 16.1. The minimum atomic E-state index is 0.542. The van der Waals surface area contributed by atoms with Crippen molar-refractivity contribution in [2.75, 3.05) is 39.3 Å². The summed E-state index contributed by atoms with van der Waals surface area (Å²) < 4.78 is 0. The molecule has 1 saturated heterocycles. The van der Waals surface area contributed by atoms with E-state index >= 15 is 0 Å². The van der Waals surface area contributed by atoms with Gasteiger partial charge < -0.3 is 10.2 Å². The summed E-state index contributed by atoms with van der Waals surface area (Å²) in [5.74, 6) is 0.689. The molecular weight excluding hydrogens is 426 g/mol. The second-order valence-electron chi connectivity index (χ2n) is 12.1. The Kier molecular flexibility index (Phi) is 19.2. The molecular formula is C32H63N3. The molecule has 1 rings (SSSR count). The van der Waals surface area contributed by atoms with E-state index in [4.69, 9.17) is 0 Å². The molecule has 0 aromatic heterocycles. The summed E-state index contributed by atoms with van der Waals surface area (Å²) in [6, 6.07) is 0. The Morgan fingerprint density at radius 1 is 0.886 bits per heavy atom. The molecule has 0 aromatic rings. The maximum atomic E-state index is 4.22. The third-order valence-corrected chi connectivity index (χ3v) is 6.83. The normalized spacial score (nSPS) is 15.8. The Morgan fingerprint density at radius 2 is 1.46 bits per heavy atom. The molecule has 0 spiro atoms. The first-order valence-corrected chi connectivity index (χ1v) is 14.8. The van der Waals surface area contributed by atoms with Crippen LogP contribution in [0.3, 0.4) is 0 Å². The molecule has 0 bridgehead atoms. The van der Waals surface area contributed by atoms with Gasteiger partial charge in [-0.1, -0.05) is 100 Å². The number of nitrogens with one attached hydrogen (secondary N) is 1. The van der Waals surface area contributed by atoms with E-state index in [2.05, 4.69) is 96.2 Å². The highest BCUT2D eigenvalue weighted by Crippen LogP contribution is 2.21. The number of hydrogen-bond donors (Lipinski definition) is 1. The molecule has 0 aliphatic carbocycles. The zero-order valence-electron chi connectivity index (χ0n) is 25.4. The fraction of sp³-hybridized carbons (Fsp3) is 0.812. The van der Waals surface area contributed by atoms with Gasteiger partial charge in [0, 0.05) is 44.1 Å². The summed E-state index contributed by atoms with van der Waals surface area (Å²) in [6.45, 7) is 31.6. The molecule has 206 valence electrons. The number of allylic oxidation sites excluding steroid dienone is 3. The second kappa shape index (κ2) is 19.9. The number of nitrogens with zero attached hydrogens (tertiary/aromatic N) is 2. The van der Waals surface area contributed by atoms with Gasteiger partial charge in [0.25, 0.3) is 0 Å². The van der Waals surface area contributed by atoms with Gasteiger partial charge in [-0.05, 0) is 61.8 Å². The Morgan fingerprint density at radius 3 is 1.97 bits per heavy atom. The summed E-state index contributed by atoms with van der Waals surface area (Å²) in [7, 11) is 0. The van der Waals surface area contributed by atoms with Crippen LogP contribution in [0.4, 0.5) is 0 Å². The van der Waals surface area contributed by atoms with Crippen LogP contribution in [0.5, 0.6) is 0 Å². The molecule has 0 unspecified atom stereocenters. The predicted octanol–water partition coefficient (Wildman–Crippen LogP) is 8.80. The van der Waals surface area contributed by atoms with Crippen molar-refractivity contribution in [2.24, 2.45) is 11.3 Å². The lowest BCUT2D eigenvalue weighted by Gasteiger charge is -2.37. The Bertz CT molecular complexity index is 586. The third-order valence-electron chi connectivity index (χ3n) is 6.83. The zero-order chi connectivity index (χ0) is 26.7. The van der Waals surface area contributed by atoms with Gasteiger partial charge in [-0.2, -0.15) is 0 Å². The highest BCUT2D eigenvalue weighted by atomic mass is 15.3. The van der Waals surface area contributed by atoms with Crippen molar-refractivity contribution >= 4 is 0 Å². The number of rotatable bonds is 15. The van der Waals surface area contributed by atoms with Crippen LogP contribution in [0.1, 0.15) is 120 Å². The lowest BCUT2D eigenvalue weighted by Crippen LogP contribution is -2.46. The van der Waals surface area contributed by atoms with Gasteiger partial charge >= 0.3 is 0 Å². The number of unbranched alkanes of at least 4 members (excludes halogenated alkanes) is 5. The molecule has 3 heteroatoms. The Labute approximate surface area is 221 Å². The molecule has 0 atom stereocenters. The van der Waals surface area contributed by atoms with E-state index in [-0.39, 0.29) is 0 Å². The van der Waals surface area contributed by atoms with Crippen LogP contribution in [0.15, 0.2) is 35.7 Å². The van der Waals surface area contributed by atoms with Crippen molar-refractivity contribution in [1.82, 2.24) is 15.1 Å². The quantitative estimate of drug-likeness (QED) is 0.183. The summed E-state index contributed by atoms with van der Waals surface area (Å²) in [5, 5.41) is 3.50. The molecule has 1 N–H and O–H groups in total. The van der Waals surface area contributed by atoms with E-state index in [0.29, 0.717) is 11.3 Å². The first kappa shape index (κ1) is 33.8. The van der Waals surface area contributed by atoms with Crippen LogP contribution in [-0.2, 0) is 0 Å². The minimum Gasteiger partial charge on any atom is -0.386 e. The second-order valence-corrected chi connectivity index (χ2v) is 12.1. The molecule has 0 amide bonds. The van der Waals surface area contributed by atoms with Crippen molar-refractivity contribution in [3.8, 4) is 0 Å². The van der Waals surface area contributed by atoms with E-state index in [1.807, 2.05) is 0 Å². The van der Waals surface area contributed by atoms with Crippen molar-refractivity contribution in [1.29, 1.82) is 0 Å². The fourth-order valence-electron chi connectivity index (χ4n) is 4.04. The van der Waals surface area contributed by atoms with Crippen molar-refractivity contribution in [2.45, 2.75) is 120 Å². The highest BCUT2D eigenvalue weighted by Gasteiger charge is 2.19. The molecule has 0 aromatic carbocycles. The Balaban J connectivity index is 0.00000170. The smallest absolute Gasteiger partial charge is 0.0357 e. The molecule has 0 radical (unpaired) electrons. The van der Waals surface area contributed by atoms with E-state index in [1.165, 1.54) is 82.3 Å². The zero-order valence-corrected chi connectivity index (χ0v) is 25.4. The van der Waals surface area contributed by atoms with Gasteiger partial charge in [0.2, 0.25) is 0 Å². The highest BCUT2D eigenvalue weighted by molar-refractivity contribution is 5.29. The van der Waals surface area contributed by atoms with Gasteiger partial charge in [-0.25, -0.2) is 0 Å². The predicted molar refractivity (Wildman–Crippen MR) is 160 cm³/mol. The Hall–Kier alpha value is -1.22. The maximum Gasteiger partial charge on any atom is 0.0357 e. The van der Waals surface area contributed by atoms with E-state index in [9.17, 15) is 0 Å². The molecule has 1 aliphatic heterocycles. The van der Waals surface area contributed by atoms with E-state index < -0.39 is 0 Å². The number of hydrogen-bond acceptors (Lipinski definition) is 3. The molecule has 1 fully saturated rings. The van der Waals surface area contributed by atoms with Gasteiger partial charge in [-0.15, -0.1) is 0 Å². The maximum absolute atomic E-state index is 4.22. The van der Waals surface area contributed by atoms with Crippen molar-refractivity contribution < 1.29 is 0 Å². The fourth-order valence-corrected chi connectivity index (χ4v) is 4.04. The van der Waals surface area contributed by atoms with Gasteiger partial charge in [0.15, 0.2) is 0 Å². The minimum absolute atomic E-state index is 0.542. The first-order chi connectivity index (χ1) is 16.5. The average Bonchev–Trinajstić information content (AvgIpc) is 2.80. The van der Waals surface area contributed by atoms with Crippen LogP contribution in [-0.4, -0.2) is 49.1 Å². The molecule has 35 heavy (non-hydrogen) atoms. The number of piperazine rings is 1. The van der Waals surface area contributed by atoms with E-state index in [0.717, 1.165) is 31.8 Å². The standard InChI is InChI=1S/C26H49N3.C6H14/c1-7-9-11-12-13-16-27-25(6)14-15-26(24(5)22-23(3)4)29-20-18-28(19-21-29)17-10-8-2;1-5-6(2,3)4/h14-15,23,27H,6-13,16-22H2,1-5H3;5H2,1-4H3/b15-14-,26-24-;. The molecule has 0 saturated carbocycles. The average molecular weight is 490 g/mol. The SMILES string of the molecule is C=C(/C=C\C(=C(/C)CC(C)C)N1CCN(CCCC)CC1)NCCCCCCC.CCC(C)(C)C. The molecule has 1 heterocycles. The summed E-state index contributed by atoms with van der Waals surface area (Å²) >= 11 is 0. The van der Waals surface area contributed by atoms with Crippen LogP contribution < -0.4 is 5.32 Å². The first-order valence-electron chi connectivity index (χ1n) is 14.8. The molecule has 1 aliphatic rings. The third kappa shape index (κ3) is 18.7. The van der Waals surface area contributed by atoms with Crippen LogP contribution in [0, 0.1) is 11.3 Å². The van der Waals surface area contributed by atoms with Crippen molar-refractivity contribution in [3.05, 3.63) is 35.7 Å². The van der Waals surface area contributed by atoms with Crippen LogP contribution >= 0.6 is 0 Å². The monoisotopic (exact) mass is 490 g/mol. The van der Waals surface area contributed by atoms with Crippen LogP contribution in [0.25, 0.3) is 0 Å². The van der Waals surface area contributed by atoms with Crippen molar-refractivity contribution in [3.63, 3.8) is 0 Å². The summed E-state index contributed by atoms with van der Waals surface area (Å²) in [5.41, 5.74) is 4.50. The lowest BCUT2D eigenvalue weighted by molar-refractivity contribution is 0.159. The molecule has 3 nitrogen and oxygen atoms in total.